The van der Waals surface area contributed by atoms with Crippen LogP contribution in [0.1, 0.15) is 11.3 Å². The van der Waals surface area contributed by atoms with Crippen molar-refractivity contribution >= 4 is 26.8 Å². The number of fused-ring (bicyclic) bond motifs is 1. The third-order valence-corrected chi connectivity index (χ3v) is 7.69. The molecule has 1 aromatic heterocycles. The number of carbonyl (C=O) groups excluding carboxylic acids is 1. The number of hydroxylamine groups is 1. The number of para-hydroxylation sites is 1. The standard InChI is InChI=1S/C23H25N3O6S/c1-15-11-16(19-5-3-4-6-21(19)24-15)12-32-17-7-9-18(10-8-17)33(29,30)26(2)22-14-31-13-20(22)23(27)25-28/h3-11,20,22,28H,12-14H2,1-2H3,(H,25,27)/t20-,22+/m1/s1. The van der Waals surface area contributed by atoms with Crippen LogP contribution in [0.5, 0.6) is 5.75 Å². The number of amides is 1. The first-order valence-electron chi connectivity index (χ1n) is 10.4. The van der Waals surface area contributed by atoms with Gasteiger partial charge in [-0.05, 0) is 43.3 Å². The Morgan fingerprint density at radius 1 is 1.21 bits per heavy atom. The molecule has 1 amide bonds. The topological polar surface area (TPSA) is 118 Å². The molecule has 0 radical (unpaired) electrons. The van der Waals surface area contributed by atoms with Crippen molar-refractivity contribution in [2.24, 2.45) is 5.92 Å². The van der Waals surface area contributed by atoms with Crippen molar-refractivity contribution in [1.82, 2.24) is 14.8 Å². The van der Waals surface area contributed by atoms with E-state index >= 15 is 0 Å². The summed E-state index contributed by atoms with van der Waals surface area (Å²) in [7, 11) is -2.49. The minimum Gasteiger partial charge on any atom is -0.489 e. The molecule has 33 heavy (non-hydrogen) atoms. The van der Waals surface area contributed by atoms with Gasteiger partial charge in [0.15, 0.2) is 0 Å². The largest absolute Gasteiger partial charge is 0.489 e. The Bertz CT molecular complexity index is 1260. The highest BCUT2D eigenvalue weighted by atomic mass is 32.2. The first-order valence-corrected chi connectivity index (χ1v) is 11.8. The molecule has 10 heteroatoms. The third-order valence-electron chi connectivity index (χ3n) is 5.79. The maximum Gasteiger partial charge on any atom is 0.250 e. The Morgan fingerprint density at radius 2 is 1.94 bits per heavy atom. The smallest absolute Gasteiger partial charge is 0.250 e. The van der Waals surface area contributed by atoms with Gasteiger partial charge in [-0.3, -0.25) is 15.0 Å². The van der Waals surface area contributed by atoms with E-state index in [0.717, 1.165) is 26.5 Å². The van der Waals surface area contributed by atoms with Crippen molar-refractivity contribution < 1.29 is 27.9 Å². The fourth-order valence-corrected chi connectivity index (χ4v) is 5.34. The number of aromatic nitrogens is 1. The summed E-state index contributed by atoms with van der Waals surface area (Å²) in [6.45, 7) is 2.34. The van der Waals surface area contributed by atoms with E-state index in [4.69, 9.17) is 14.7 Å². The maximum atomic E-state index is 13.1. The molecule has 0 unspecified atom stereocenters. The van der Waals surface area contributed by atoms with Gasteiger partial charge < -0.3 is 9.47 Å². The van der Waals surface area contributed by atoms with Gasteiger partial charge in [-0.1, -0.05) is 18.2 Å². The number of nitrogens with zero attached hydrogens (tertiary/aromatic N) is 2. The number of hydrogen-bond donors (Lipinski definition) is 2. The van der Waals surface area contributed by atoms with Crippen LogP contribution in [0.3, 0.4) is 0 Å². The van der Waals surface area contributed by atoms with Crippen LogP contribution >= 0.6 is 0 Å². The molecule has 2 heterocycles. The number of aryl methyl sites for hydroxylation is 1. The van der Waals surface area contributed by atoms with Crippen LogP contribution in [0.2, 0.25) is 0 Å². The lowest BCUT2D eigenvalue weighted by molar-refractivity contribution is -0.134. The summed E-state index contributed by atoms with van der Waals surface area (Å²) in [5.41, 5.74) is 4.34. The zero-order chi connectivity index (χ0) is 23.6. The number of hydrogen-bond acceptors (Lipinski definition) is 7. The zero-order valence-corrected chi connectivity index (χ0v) is 19.1. The normalized spacial score (nSPS) is 18.5. The van der Waals surface area contributed by atoms with Gasteiger partial charge in [-0.2, -0.15) is 4.31 Å². The highest BCUT2D eigenvalue weighted by Crippen LogP contribution is 2.27. The number of likely N-dealkylation sites (N-methyl/N-ethyl adjacent to an activating group) is 1. The zero-order valence-electron chi connectivity index (χ0n) is 18.3. The molecule has 4 rings (SSSR count). The summed E-state index contributed by atoms with van der Waals surface area (Å²) < 4.78 is 38.5. The van der Waals surface area contributed by atoms with E-state index in [9.17, 15) is 13.2 Å². The first kappa shape index (κ1) is 23.1. The van der Waals surface area contributed by atoms with E-state index in [1.807, 2.05) is 37.3 Å². The first-order chi connectivity index (χ1) is 15.8. The van der Waals surface area contributed by atoms with Gasteiger partial charge in [0.05, 0.1) is 35.6 Å². The average molecular weight is 472 g/mol. The van der Waals surface area contributed by atoms with Gasteiger partial charge in [0.1, 0.15) is 12.4 Å². The van der Waals surface area contributed by atoms with Crippen LogP contribution in [0.25, 0.3) is 10.9 Å². The fourth-order valence-electron chi connectivity index (χ4n) is 3.96. The number of sulfonamides is 1. The van der Waals surface area contributed by atoms with Crippen LogP contribution in [0.4, 0.5) is 0 Å². The predicted molar refractivity (Wildman–Crippen MR) is 120 cm³/mol. The third kappa shape index (κ3) is 4.69. The summed E-state index contributed by atoms with van der Waals surface area (Å²) in [6, 6.07) is 15.2. The summed E-state index contributed by atoms with van der Waals surface area (Å²) in [5, 5.41) is 9.92. The summed E-state index contributed by atoms with van der Waals surface area (Å²) in [4.78, 5) is 16.4. The van der Waals surface area contributed by atoms with E-state index in [1.54, 1.807) is 17.6 Å². The summed E-state index contributed by atoms with van der Waals surface area (Å²) in [6.07, 6.45) is 0. The van der Waals surface area contributed by atoms with Gasteiger partial charge in [0.25, 0.3) is 0 Å². The van der Waals surface area contributed by atoms with E-state index in [1.165, 1.54) is 19.2 Å². The number of benzene rings is 2. The predicted octanol–water partition coefficient (Wildman–Crippen LogP) is 2.26. The lowest BCUT2D eigenvalue weighted by Gasteiger charge is -2.26. The number of nitrogens with one attached hydrogen (secondary N) is 1. The van der Waals surface area contributed by atoms with Crippen LogP contribution in [0.15, 0.2) is 59.5 Å². The second kappa shape index (κ2) is 9.44. The monoisotopic (exact) mass is 471 g/mol. The van der Waals surface area contributed by atoms with E-state index in [-0.39, 0.29) is 18.1 Å². The van der Waals surface area contributed by atoms with Crippen LogP contribution in [-0.2, 0) is 26.2 Å². The van der Waals surface area contributed by atoms with Crippen molar-refractivity contribution in [2.75, 3.05) is 20.3 Å². The average Bonchev–Trinajstić information content (AvgIpc) is 3.31. The van der Waals surface area contributed by atoms with Crippen molar-refractivity contribution in [3.63, 3.8) is 0 Å². The number of pyridine rings is 1. The fraction of sp³-hybridized carbons (Fsp3) is 0.304. The molecule has 2 N–H and O–H groups in total. The number of carbonyl (C=O) groups is 1. The number of rotatable bonds is 7. The van der Waals surface area contributed by atoms with Gasteiger partial charge in [-0.15, -0.1) is 0 Å². The molecule has 0 spiro atoms. The summed E-state index contributed by atoms with van der Waals surface area (Å²) >= 11 is 0. The molecular formula is C23H25N3O6S. The van der Waals surface area contributed by atoms with Crippen molar-refractivity contribution in [3.05, 3.63) is 65.9 Å². The van der Waals surface area contributed by atoms with Crippen molar-refractivity contribution in [1.29, 1.82) is 0 Å². The Labute approximate surface area is 192 Å². The Hall–Kier alpha value is -3.05. The van der Waals surface area contributed by atoms with Crippen molar-refractivity contribution in [2.45, 2.75) is 24.5 Å². The lowest BCUT2D eigenvalue weighted by atomic mass is 10.0. The highest BCUT2D eigenvalue weighted by Gasteiger charge is 2.41. The van der Waals surface area contributed by atoms with Crippen LogP contribution < -0.4 is 10.2 Å². The molecule has 1 aliphatic heterocycles. The van der Waals surface area contributed by atoms with Crippen LogP contribution in [-0.4, -0.2) is 55.1 Å². The lowest BCUT2D eigenvalue weighted by Crippen LogP contribution is -2.46. The SMILES string of the molecule is Cc1cc(COc2ccc(S(=O)(=O)N(C)[C@H]3COC[C@H]3C(=O)NO)cc2)c2ccccc2n1. The molecule has 2 aromatic carbocycles. The quantitative estimate of drug-likeness (QED) is 0.401. The van der Waals surface area contributed by atoms with Gasteiger partial charge in [0.2, 0.25) is 15.9 Å². The highest BCUT2D eigenvalue weighted by molar-refractivity contribution is 7.89. The van der Waals surface area contributed by atoms with Gasteiger partial charge in [-0.25, -0.2) is 13.9 Å². The summed E-state index contributed by atoms with van der Waals surface area (Å²) in [5.74, 6) is -0.949. The number of ether oxygens (including phenoxy) is 2. The van der Waals surface area contributed by atoms with Crippen LogP contribution in [0, 0.1) is 12.8 Å². The van der Waals surface area contributed by atoms with E-state index in [2.05, 4.69) is 4.98 Å². The van der Waals surface area contributed by atoms with E-state index < -0.39 is 27.9 Å². The molecule has 9 nitrogen and oxygen atoms in total. The van der Waals surface area contributed by atoms with E-state index in [0.29, 0.717) is 12.4 Å². The molecule has 2 atom stereocenters. The Morgan fingerprint density at radius 3 is 2.67 bits per heavy atom. The van der Waals surface area contributed by atoms with Crippen molar-refractivity contribution in [3.8, 4) is 5.75 Å². The molecule has 1 fully saturated rings. The molecule has 0 saturated carbocycles. The Kier molecular flexibility index (Phi) is 6.61. The molecular weight excluding hydrogens is 446 g/mol. The second-order valence-electron chi connectivity index (χ2n) is 7.91. The maximum absolute atomic E-state index is 13.1. The minimum absolute atomic E-state index is 0.0346. The van der Waals surface area contributed by atoms with Gasteiger partial charge in [0, 0.05) is 23.7 Å². The second-order valence-corrected chi connectivity index (χ2v) is 9.91. The molecule has 0 bridgehead atoms. The molecule has 1 saturated heterocycles. The molecule has 0 aliphatic carbocycles. The Balaban J connectivity index is 1.49. The molecule has 1 aliphatic rings. The molecule has 174 valence electrons. The minimum atomic E-state index is -3.89. The van der Waals surface area contributed by atoms with Gasteiger partial charge >= 0.3 is 0 Å². The molecule has 3 aromatic rings.